The second-order valence-corrected chi connectivity index (χ2v) is 3.86. The molecule has 0 radical (unpaired) electrons. The minimum Gasteiger partial charge on any atom is -0.389 e. The van der Waals surface area contributed by atoms with E-state index in [1.54, 1.807) is 0 Å². The van der Waals surface area contributed by atoms with Crippen LogP contribution in [0, 0.1) is 6.92 Å². The van der Waals surface area contributed by atoms with E-state index < -0.39 is 6.10 Å². The van der Waals surface area contributed by atoms with Crippen molar-refractivity contribution in [3.63, 3.8) is 0 Å². The van der Waals surface area contributed by atoms with Crippen LogP contribution in [0.5, 0.6) is 0 Å². The van der Waals surface area contributed by atoms with E-state index in [2.05, 4.69) is 10.3 Å². The van der Waals surface area contributed by atoms with Crippen LogP contribution < -0.4 is 5.32 Å². The summed E-state index contributed by atoms with van der Waals surface area (Å²) >= 11 is 0. The Bertz CT molecular complexity index is 330. The molecule has 0 aromatic carbocycles. The molecule has 1 saturated heterocycles. The lowest BCUT2D eigenvalue weighted by Gasteiger charge is -2.13. The van der Waals surface area contributed by atoms with Crippen molar-refractivity contribution in [2.75, 3.05) is 13.2 Å². The molecule has 1 aromatic heterocycles. The van der Waals surface area contributed by atoms with E-state index in [1.807, 2.05) is 25.1 Å². The lowest BCUT2D eigenvalue weighted by atomic mass is 10.2. The molecule has 0 amide bonds. The third-order valence-corrected chi connectivity index (χ3v) is 2.54. The van der Waals surface area contributed by atoms with Crippen LogP contribution in [-0.4, -0.2) is 35.5 Å². The minimum absolute atomic E-state index is 0.0345. The van der Waals surface area contributed by atoms with Crippen LogP contribution in [0.2, 0.25) is 0 Å². The van der Waals surface area contributed by atoms with Gasteiger partial charge < -0.3 is 15.2 Å². The van der Waals surface area contributed by atoms with Crippen LogP contribution in [0.25, 0.3) is 0 Å². The van der Waals surface area contributed by atoms with Crippen LogP contribution in [-0.2, 0) is 11.3 Å². The highest BCUT2D eigenvalue weighted by molar-refractivity contribution is 5.09. The molecule has 15 heavy (non-hydrogen) atoms. The third kappa shape index (κ3) is 2.75. The number of rotatable bonds is 3. The molecule has 0 saturated carbocycles. The summed E-state index contributed by atoms with van der Waals surface area (Å²) in [6, 6.07) is 5.97. The van der Waals surface area contributed by atoms with Gasteiger partial charge in [0, 0.05) is 12.2 Å². The van der Waals surface area contributed by atoms with Crippen LogP contribution in [0.1, 0.15) is 11.4 Å². The molecule has 2 rings (SSSR count). The van der Waals surface area contributed by atoms with Crippen molar-refractivity contribution in [3.8, 4) is 0 Å². The van der Waals surface area contributed by atoms with Gasteiger partial charge in [-0.15, -0.1) is 0 Å². The lowest BCUT2D eigenvalue weighted by molar-refractivity contribution is 0.122. The van der Waals surface area contributed by atoms with Gasteiger partial charge in [-0.25, -0.2) is 0 Å². The Labute approximate surface area is 89.3 Å². The van der Waals surface area contributed by atoms with E-state index in [0.717, 1.165) is 11.4 Å². The molecule has 1 aromatic rings. The van der Waals surface area contributed by atoms with E-state index in [4.69, 9.17) is 4.74 Å². The Balaban J connectivity index is 1.87. The van der Waals surface area contributed by atoms with E-state index in [1.165, 1.54) is 0 Å². The van der Waals surface area contributed by atoms with Gasteiger partial charge in [-0.3, -0.25) is 4.98 Å². The van der Waals surface area contributed by atoms with E-state index in [-0.39, 0.29) is 6.04 Å². The smallest absolute Gasteiger partial charge is 0.0948 e. The topological polar surface area (TPSA) is 54.4 Å². The summed E-state index contributed by atoms with van der Waals surface area (Å²) in [5.41, 5.74) is 2.01. The van der Waals surface area contributed by atoms with Gasteiger partial charge in [-0.2, -0.15) is 0 Å². The molecule has 1 aliphatic rings. The van der Waals surface area contributed by atoms with E-state index in [9.17, 15) is 5.11 Å². The quantitative estimate of drug-likeness (QED) is 0.747. The highest BCUT2D eigenvalue weighted by Crippen LogP contribution is 2.06. The maximum absolute atomic E-state index is 9.51. The molecule has 2 atom stereocenters. The van der Waals surface area contributed by atoms with Crippen molar-refractivity contribution in [2.45, 2.75) is 25.6 Å². The third-order valence-electron chi connectivity index (χ3n) is 2.54. The number of aryl methyl sites for hydroxylation is 1. The minimum atomic E-state index is -0.394. The van der Waals surface area contributed by atoms with Crippen LogP contribution in [0.3, 0.4) is 0 Å². The highest BCUT2D eigenvalue weighted by Gasteiger charge is 2.25. The van der Waals surface area contributed by atoms with Crippen molar-refractivity contribution in [1.82, 2.24) is 10.3 Å². The van der Waals surface area contributed by atoms with Gasteiger partial charge in [0.2, 0.25) is 0 Å². The summed E-state index contributed by atoms with van der Waals surface area (Å²) in [5.74, 6) is 0. The Morgan fingerprint density at radius 3 is 3.07 bits per heavy atom. The maximum atomic E-state index is 9.51. The van der Waals surface area contributed by atoms with Gasteiger partial charge in [0.15, 0.2) is 0 Å². The lowest BCUT2D eigenvalue weighted by Crippen LogP contribution is -2.38. The van der Waals surface area contributed by atoms with Gasteiger partial charge in [0.25, 0.3) is 0 Å². The van der Waals surface area contributed by atoms with Crippen molar-refractivity contribution < 1.29 is 9.84 Å². The van der Waals surface area contributed by atoms with Crippen LogP contribution in [0.4, 0.5) is 0 Å². The molecule has 4 heteroatoms. The number of nitrogens with one attached hydrogen (secondary N) is 1. The zero-order valence-corrected chi connectivity index (χ0v) is 8.81. The zero-order valence-electron chi connectivity index (χ0n) is 8.81. The number of hydrogen-bond donors (Lipinski definition) is 2. The monoisotopic (exact) mass is 208 g/mol. The summed E-state index contributed by atoms with van der Waals surface area (Å²) < 4.78 is 5.15. The number of pyridine rings is 1. The fourth-order valence-electron chi connectivity index (χ4n) is 1.67. The predicted molar refractivity (Wildman–Crippen MR) is 56.4 cm³/mol. The van der Waals surface area contributed by atoms with Gasteiger partial charge in [-0.05, 0) is 19.1 Å². The molecule has 0 bridgehead atoms. The molecule has 0 aliphatic carbocycles. The highest BCUT2D eigenvalue weighted by atomic mass is 16.5. The Morgan fingerprint density at radius 1 is 1.53 bits per heavy atom. The molecular formula is C11H16N2O2. The molecular weight excluding hydrogens is 192 g/mol. The fourth-order valence-corrected chi connectivity index (χ4v) is 1.67. The summed E-state index contributed by atoms with van der Waals surface area (Å²) in [4.78, 5) is 4.37. The fraction of sp³-hybridized carbons (Fsp3) is 0.545. The Hall–Kier alpha value is -0.970. The number of aromatic nitrogens is 1. The largest absolute Gasteiger partial charge is 0.389 e. The number of nitrogens with zero attached hydrogens (tertiary/aromatic N) is 1. The summed E-state index contributed by atoms with van der Waals surface area (Å²) in [6.07, 6.45) is -0.394. The average Bonchev–Trinajstić information content (AvgIpc) is 2.61. The van der Waals surface area contributed by atoms with Crippen LogP contribution >= 0.6 is 0 Å². The van der Waals surface area contributed by atoms with E-state index in [0.29, 0.717) is 19.8 Å². The van der Waals surface area contributed by atoms with Gasteiger partial charge in [0.1, 0.15) is 0 Å². The molecule has 82 valence electrons. The predicted octanol–water partition coefficient (Wildman–Crippen LogP) is 0.239. The first kappa shape index (κ1) is 10.5. The normalized spacial score (nSPS) is 25.7. The van der Waals surface area contributed by atoms with E-state index >= 15 is 0 Å². The number of ether oxygens (including phenoxy) is 1. The molecule has 1 aliphatic heterocycles. The second-order valence-electron chi connectivity index (χ2n) is 3.86. The SMILES string of the molecule is Cc1cccc(CNC2COCC2O)n1. The van der Waals surface area contributed by atoms with Crippen molar-refractivity contribution in [1.29, 1.82) is 0 Å². The maximum Gasteiger partial charge on any atom is 0.0948 e. The van der Waals surface area contributed by atoms with Crippen molar-refractivity contribution in [3.05, 3.63) is 29.6 Å². The van der Waals surface area contributed by atoms with Crippen molar-refractivity contribution in [2.24, 2.45) is 0 Å². The second kappa shape index (κ2) is 4.70. The Kier molecular flexibility index (Phi) is 3.30. The molecule has 4 nitrogen and oxygen atoms in total. The number of aliphatic hydroxyl groups excluding tert-OH is 1. The molecule has 1 fully saturated rings. The summed E-state index contributed by atoms with van der Waals surface area (Å²) in [7, 11) is 0. The molecule has 0 spiro atoms. The molecule has 2 unspecified atom stereocenters. The van der Waals surface area contributed by atoms with Gasteiger partial charge in [-0.1, -0.05) is 6.07 Å². The average molecular weight is 208 g/mol. The Morgan fingerprint density at radius 2 is 2.40 bits per heavy atom. The van der Waals surface area contributed by atoms with Crippen molar-refractivity contribution >= 4 is 0 Å². The standard InChI is InChI=1S/C11H16N2O2/c1-8-3-2-4-9(13-8)5-12-10-6-15-7-11(10)14/h2-4,10-12,14H,5-7H2,1H3. The first-order valence-electron chi connectivity index (χ1n) is 5.17. The molecule has 2 heterocycles. The molecule has 2 N–H and O–H groups in total. The number of aliphatic hydroxyl groups is 1. The number of hydrogen-bond acceptors (Lipinski definition) is 4. The van der Waals surface area contributed by atoms with Gasteiger partial charge >= 0.3 is 0 Å². The van der Waals surface area contributed by atoms with Crippen LogP contribution in [0.15, 0.2) is 18.2 Å². The summed E-state index contributed by atoms with van der Waals surface area (Å²) in [5, 5.41) is 12.8. The zero-order chi connectivity index (χ0) is 10.7. The van der Waals surface area contributed by atoms with Gasteiger partial charge in [0.05, 0.1) is 31.1 Å². The first-order chi connectivity index (χ1) is 7.25. The first-order valence-corrected chi connectivity index (χ1v) is 5.17. The summed E-state index contributed by atoms with van der Waals surface area (Å²) in [6.45, 7) is 3.65.